The minimum absolute atomic E-state index is 0.0692. The van der Waals surface area contributed by atoms with E-state index in [0.29, 0.717) is 13.0 Å². The van der Waals surface area contributed by atoms with Crippen LogP contribution in [0.4, 0.5) is 4.79 Å². The third-order valence-corrected chi connectivity index (χ3v) is 6.54. The van der Waals surface area contributed by atoms with E-state index >= 15 is 0 Å². The highest BCUT2D eigenvalue weighted by Gasteiger charge is 2.32. The molecule has 1 fully saturated rings. The molecule has 1 aliphatic heterocycles. The third kappa shape index (κ3) is 5.62. The highest BCUT2D eigenvalue weighted by atomic mass is 16.5. The molecule has 4 rings (SSSR count). The quantitative estimate of drug-likeness (QED) is 0.559. The van der Waals surface area contributed by atoms with E-state index in [-0.39, 0.29) is 44.0 Å². The van der Waals surface area contributed by atoms with Crippen LogP contribution in [0.15, 0.2) is 48.5 Å². The van der Waals surface area contributed by atoms with E-state index in [1.54, 1.807) is 0 Å². The number of aliphatic carboxylic acids is 1. The number of rotatable bonds is 7. The first-order valence-electron chi connectivity index (χ1n) is 11.7. The smallest absolute Gasteiger partial charge is 0.407 e. The first-order chi connectivity index (χ1) is 16.8. The Morgan fingerprint density at radius 2 is 1.57 bits per heavy atom. The molecule has 9 nitrogen and oxygen atoms in total. The summed E-state index contributed by atoms with van der Waals surface area (Å²) < 4.78 is 5.40. The lowest BCUT2D eigenvalue weighted by Gasteiger charge is -2.34. The molecule has 35 heavy (non-hydrogen) atoms. The molecule has 0 radical (unpaired) electrons. The number of carbonyl (C=O) groups is 4. The van der Waals surface area contributed by atoms with Gasteiger partial charge < -0.3 is 25.4 Å². The fraction of sp³-hybridized carbons (Fsp3) is 0.385. The molecule has 2 atom stereocenters. The zero-order chi connectivity index (χ0) is 24.9. The maximum absolute atomic E-state index is 12.4. The van der Waals surface area contributed by atoms with Crippen LogP contribution in [-0.4, -0.2) is 66.7 Å². The average Bonchev–Trinajstić information content (AvgIpc) is 3.18. The number of carboxylic acids is 1. The molecular formula is C26H29N3O6. The number of amides is 3. The van der Waals surface area contributed by atoms with Crippen molar-refractivity contribution in [2.75, 3.05) is 32.8 Å². The molecule has 2 aliphatic rings. The zero-order valence-electron chi connectivity index (χ0n) is 19.5. The summed E-state index contributed by atoms with van der Waals surface area (Å²) in [6.07, 6.45) is -0.197. The summed E-state index contributed by atoms with van der Waals surface area (Å²) in [4.78, 5) is 49.5. The van der Waals surface area contributed by atoms with Gasteiger partial charge in [-0.3, -0.25) is 14.4 Å². The molecule has 184 valence electrons. The standard InChI is InChI=1S/C26H29N3O6/c1-16-10-17(25(32)33)14-29(13-16)24(31)12-27-23(30)11-28-26(34)35-15-22-20-8-4-2-6-18(20)19-7-3-5-9-21(19)22/h2-9,16-17,22H,10-15H2,1H3,(H,27,30)(H,28,34)(H,32,33). The number of nitrogens with zero attached hydrogens (tertiary/aromatic N) is 1. The summed E-state index contributed by atoms with van der Waals surface area (Å²) >= 11 is 0. The van der Waals surface area contributed by atoms with Gasteiger partial charge in [0.2, 0.25) is 11.8 Å². The van der Waals surface area contributed by atoms with Gasteiger partial charge in [0.15, 0.2) is 0 Å². The number of ether oxygens (including phenoxy) is 1. The van der Waals surface area contributed by atoms with Crippen LogP contribution < -0.4 is 10.6 Å². The molecule has 2 aromatic carbocycles. The first-order valence-corrected chi connectivity index (χ1v) is 11.7. The summed E-state index contributed by atoms with van der Waals surface area (Å²) in [6.45, 7) is 2.02. The summed E-state index contributed by atoms with van der Waals surface area (Å²) in [5.41, 5.74) is 4.43. The van der Waals surface area contributed by atoms with Crippen LogP contribution in [0, 0.1) is 11.8 Å². The number of alkyl carbamates (subject to hydrolysis) is 1. The van der Waals surface area contributed by atoms with Crippen molar-refractivity contribution < 1.29 is 29.0 Å². The topological polar surface area (TPSA) is 125 Å². The Balaban J connectivity index is 1.21. The van der Waals surface area contributed by atoms with Crippen LogP contribution in [0.3, 0.4) is 0 Å². The SMILES string of the molecule is CC1CC(C(=O)O)CN(C(=O)CNC(=O)CNC(=O)OCC2c3ccccc3-c3ccccc32)C1. The van der Waals surface area contributed by atoms with Crippen molar-refractivity contribution in [3.63, 3.8) is 0 Å². The van der Waals surface area contributed by atoms with Gasteiger partial charge in [0, 0.05) is 19.0 Å². The average molecular weight is 480 g/mol. The molecule has 1 saturated heterocycles. The molecule has 2 aromatic rings. The van der Waals surface area contributed by atoms with E-state index < -0.39 is 23.9 Å². The first kappa shape index (κ1) is 24.3. The Kier molecular flexibility index (Phi) is 7.33. The Bertz CT molecular complexity index is 1090. The Morgan fingerprint density at radius 1 is 0.943 bits per heavy atom. The van der Waals surface area contributed by atoms with E-state index in [1.807, 2.05) is 55.5 Å². The van der Waals surface area contributed by atoms with Gasteiger partial charge in [-0.25, -0.2) is 4.79 Å². The van der Waals surface area contributed by atoms with Crippen LogP contribution in [0.1, 0.15) is 30.4 Å². The van der Waals surface area contributed by atoms with Gasteiger partial charge in [-0.05, 0) is 34.6 Å². The number of carboxylic acid groups (broad SMARTS) is 1. The minimum Gasteiger partial charge on any atom is -0.481 e. The number of piperidine rings is 1. The monoisotopic (exact) mass is 479 g/mol. The van der Waals surface area contributed by atoms with Crippen molar-refractivity contribution in [1.82, 2.24) is 15.5 Å². The number of carbonyl (C=O) groups excluding carboxylic acids is 3. The van der Waals surface area contributed by atoms with E-state index in [1.165, 1.54) is 4.90 Å². The molecule has 3 amide bonds. The van der Waals surface area contributed by atoms with Crippen LogP contribution in [0.2, 0.25) is 0 Å². The second kappa shape index (κ2) is 10.6. The molecule has 2 unspecified atom stereocenters. The summed E-state index contributed by atoms with van der Waals surface area (Å²) in [7, 11) is 0. The zero-order valence-corrected chi connectivity index (χ0v) is 19.5. The fourth-order valence-corrected chi connectivity index (χ4v) is 4.88. The van der Waals surface area contributed by atoms with E-state index in [0.717, 1.165) is 22.3 Å². The molecule has 9 heteroatoms. The fourth-order valence-electron chi connectivity index (χ4n) is 4.88. The van der Waals surface area contributed by atoms with Gasteiger partial charge in [-0.2, -0.15) is 0 Å². The van der Waals surface area contributed by atoms with E-state index in [2.05, 4.69) is 10.6 Å². The molecule has 0 saturated carbocycles. The van der Waals surface area contributed by atoms with Crippen molar-refractivity contribution >= 4 is 23.9 Å². The maximum atomic E-state index is 12.4. The highest BCUT2D eigenvalue weighted by Crippen LogP contribution is 2.44. The van der Waals surface area contributed by atoms with Crippen molar-refractivity contribution in [2.24, 2.45) is 11.8 Å². The van der Waals surface area contributed by atoms with Crippen molar-refractivity contribution in [1.29, 1.82) is 0 Å². The minimum atomic E-state index is -0.925. The van der Waals surface area contributed by atoms with Gasteiger partial charge in [0.05, 0.1) is 12.5 Å². The van der Waals surface area contributed by atoms with E-state index in [4.69, 9.17) is 4.74 Å². The Labute approximate surface area is 203 Å². The third-order valence-electron chi connectivity index (χ3n) is 6.54. The van der Waals surface area contributed by atoms with E-state index in [9.17, 15) is 24.3 Å². The predicted molar refractivity (Wildman–Crippen MR) is 128 cm³/mol. The summed E-state index contributed by atoms with van der Waals surface area (Å²) in [6, 6.07) is 16.0. The Hall–Kier alpha value is -3.88. The van der Waals surface area contributed by atoms with Gasteiger partial charge in [-0.1, -0.05) is 55.5 Å². The number of hydrogen-bond donors (Lipinski definition) is 3. The molecule has 0 bridgehead atoms. The molecule has 1 heterocycles. The normalized spacial score (nSPS) is 18.8. The summed E-state index contributed by atoms with van der Waals surface area (Å²) in [5, 5.41) is 14.1. The molecule has 3 N–H and O–H groups in total. The molecule has 1 aliphatic carbocycles. The van der Waals surface area contributed by atoms with Crippen molar-refractivity contribution in [2.45, 2.75) is 19.3 Å². The van der Waals surface area contributed by atoms with Crippen molar-refractivity contribution in [3.8, 4) is 11.1 Å². The number of nitrogens with one attached hydrogen (secondary N) is 2. The lowest BCUT2D eigenvalue weighted by atomic mass is 9.90. The van der Waals surface area contributed by atoms with Gasteiger partial charge in [0.25, 0.3) is 0 Å². The number of benzene rings is 2. The number of fused-ring (bicyclic) bond motifs is 3. The summed E-state index contributed by atoms with van der Waals surface area (Å²) in [5.74, 6) is -2.43. The van der Waals surface area contributed by atoms with Gasteiger partial charge in [0.1, 0.15) is 13.2 Å². The lowest BCUT2D eigenvalue weighted by molar-refractivity contribution is -0.147. The largest absolute Gasteiger partial charge is 0.481 e. The second-order valence-corrected chi connectivity index (χ2v) is 9.13. The molecule has 0 aromatic heterocycles. The molecular weight excluding hydrogens is 450 g/mol. The second-order valence-electron chi connectivity index (χ2n) is 9.13. The van der Waals surface area contributed by atoms with Crippen LogP contribution in [-0.2, 0) is 19.1 Å². The van der Waals surface area contributed by atoms with Gasteiger partial charge in [-0.15, -0.1) is 0 Å². The van der Waals surface area contributed by atoms with Crippen LogP contribution >= 0.6 is 0 Å². The van der Waals surface area contributed by atoms with Gasteiger partial charge >= 0.3 is 12.1 Å². The lowest BCUT2D eigenvalue weighted by Crippen LogP contribution is -2.49. The highest BCUT2D eigenvalue weighted by molar-refractivity contribution is 5.87. The van der Waals surface area contributed by atoms with Crippen LogP contribution in [0.5, 0.6) is 0 Å². The predicted octanol–water partition coefficient (Wildman–Crippen LogP) is 2.21. The van der Waals surface area contributed by atoms with Crippen molar-refractivity contribution in [3.05, 3.63) is 59.7 Å². The maximum Gasteiger partial charge on any atom is 0.407 e. The molecule has 0 spiro atoms. The van der Waals surface area contributed by atoms with Crippen LogP contribution in [0.25, 0.3) is 11.1 Å². The number of likely N-dealkylation sites (tertiary alicyclic amines) is 1. The Morgan fingerprint density at radius 3 is 2.20 bits per heavy atom. The number of hydrogen-bond acceptors (Lipinski definition) is 5.